The summed E-state index contributed by atoms with van der Waals surface area (Å²) in [5.41, 5.74) is 0.672. The first-order valence-electron chi connectivity index (χ1n) is 8.11. The predicted octanol–water partition coefficient (Wildman–Crippen LogP) is 3.07. The molecule has 124 valence electrons. The zero-order valence-electron chi connectivity index (χ0n) is 14.0. The van der Waals surface area contributed by atoms with Crippen molar-refractivity contribution >= 4 is 16.9 Å². The molecule has 23 heavy (non-hydrogen) atoms. The zero-order valence-corrected chi connectivity index (χ0v) is 14.0. The molecular weight excluding hydrogens is 292 g/mol. The van der Waals surface area contributed by atoms with Crippen LogP contribution in [-0.2, 0) is 16.1 Å². The first kappa shape index (κ1) is 17.2. The molecule has 0 amide bonds. The van der Waals surface area contributed by atoms with Crippen molar-refractivity contribution in [3.8, 4) is 0 Å². The molecule has 0 bridgehead atoms. The van der Waals surface area contributed by atoms with Crippen LogP contribution in [0.5, 0.6) is 0 Å². The number of hydrogen-bond acceptors (Lipinski definition) is 4. The third kappa shape index (κ3) is 4.65. The van der Waals surface area contributed by atoms with E-state index in [4.69, 9.17) is 4.74 Å². The summed E-state index contributed by atoms with van der Waals surface area (Å²) in [4.78, 5) is 28.5. The maximum absolute atomic E-state index is 12.5. The lowest BCUT2D eigenvalue weighted by atomic mass is 10.1. The molecule has 1 aromatic carbocycles. The largest absolute Gasteiger partial charge is 0.466 e. The molecule has 1 aromatic heterocycles. The Kier molecular flexibility index (Phi) is 5.90. The molecule has 0 radical (unpaired) electrons. The van der Waals surface area contributed by atoms with Gasteiger partial charge in [-0.2, -0.15) is 0 Å². The molecular formula is C18H24N2O3. The maximum Gasteiger partial charge on any atom is 0.305 e. The van der Waals surface area contributed by atoms with Gasteiger partial charge in [-0.1, -0.05) is 26.0 Å². The summed E-state index contributed by atoms with van der Waals surface area (Å²) in [5, 5.41) is 0.618. The SMILES string of the molecule is Cc1nc2ccccc2c(=O)n1CCCOC(=O)CCC(C)C. The molecule has 0 fully saturated rings. The Balaban J connectivity index is 1.93. The molecule has 2 rings (SSSR count). The van der Waals surface area contributed by atoms with Crippen molar-refractivity contribution in [3.63, 3.8) is 0 Å². The number of esters is 1. The number of fused-ring (bicyclic) bond motifs is 1. The lowest BCUT2D eigenvalue weighted by Crippen LogP contribution is -2.24. The highest BCUT2D eigenvalue weighted by molar-refractivity contribution is 5.77. The van der Waals surface area contributed by atoms with E-state index in [9.17, 15) is 9.59 Å². The lowest BCUT2D eigenvalue weighted by molar-refractivity contribution is -0.144. The summed E-state index contributed by atoms with van der Waals surface area (Å²) in [5.74, 6) is 1.01. The summed E-state index contributed by atoms with van der Waals surface area (Å²) < 4.78 is 6.85. The van der Waals surface area contributed by atoms with Crippen LogP contribution in [0.2, 0.25) is 0 Å². The monoisotopic (exact) mass is 316 g/mol. The van der Waals surface area contributed by atoms with Crippen LogP contribution < -0.4 is 5.56 Å². The van der Waals surface area contributed by atoms with E-state index >= 15 is 0 Å². The number of rotatable bonds is 7. The highest BCUT2D eigenvalue weighted by atomic mass is 16.5. The molecule has 5 nitrogen and oxygen atoms in total. The van der Waals surface area contributed by atoms with E-state index in [1.54, 1.807) is 10.6 Å². The van der Waals surface area contributed by atoms with Gasteiger partial charge >= 0.3 is 5.97 Å². The molecule has 5 heteroatoms. The van der Waals surface area contributed by atoms with E-state index in [1.165, 1.54) is 0 Å². The number of benzene rings is 1. The van der Waals surface area contributed by atoms with E-state index in [2.05, 4.69) is 18.8 Å². The fraction of sp³-hybridized carbons (Fsp3) is 0.500. The molecule has 0 unspecified atom stereocenters. The van der Waals surface area contributed by atoms with Crippen LogP contribution in [-0.4, -0.2) is 22.1 Å². The molecule has 0 saturated carbocycles. The van der Waals surface area contributed by atoms with E-state index in [0.717, 1.165) is 6.42 Å². The number of aryl methyl sites for hydroxylation is 1. The van der Waals surface area contributed by atoms with Crippen LogP contribution in [0.4, 0.5) is 0 Å². The maximum atomic E-state index is 12.5. The van der Waals surface area contributed by atoms with Crippen LogP contribution in [0.25, 0.3) is 10.9 Å². The van der Waals surface area contributed by atoms with E-state index in [1.807, 2.05) is 25.1 Å². The van der Waals surface area contributed by atoms with E-state index in [-0.39, 0.29) is 11.5 Å². The Morgan fingerprint density at radius 3 is 2.78 bits per heavy atom. The van der Waals surface area contributed by atoms with Crippen molar-refractivity contribution in [2.75, 3.05) is 6.61 Å². The Hall–Kier alpha value is -2.17. The van der Waals surface area contributed by atoms with Crippen LogP contribution in [0, 0.1) is 12.8 Å². The minimum atomic E-state index is -0.167. The number of ether oxygens (including phenoxy) is 1. The summed E-state index contributed by atoms with van der Waals surface area (Å²) >= 11 is 0. The highest BCUT2D eigenvalue weighted by Gasteiger charge is 2.08. The number of hydrogen-bond donors (Lipinski definition) is 0. The average Bonchev–Trinajstić information content (AvgIpc) is 2.52. The van der Waals surface area contributed by atoms with Gasteiger partial charge in [-0.05, 0) is 37.8 Å². The third-order valence-corrected chi connectivity index (χ3v) is 3.77. The van der Waals surface area contributed by atoms with Crippen molar-refractivity contribution in [2.45, 2.75) is 46.6 Å². The van der Waals surface area contributed by atoms with Gasteiger partial charge in [0.25, 0.3) is 5.56 Å². The third-order valence-electron chi connectivity index (χ3n) is 3.77. The van der Waals surface area contributed by atoms with Crippen molar-refractivity contribution in [1.29, 1.82) is 0 Å². The number of carbonyl (C=O) groups is 1. The molecule has 0 saturated heterocycles. The Bertz CT molecular complexity index is 735. The van der Waals surface area contributed by atoms with Crippen molar-refractivity contribution in [2.24, 2.45) is 5.92 Å². The van der Waals surface area contributed by atoms with Gasteiger partial charge in [0, 0.05) is 13.0 Å². The Morgan fingerprint density at radius 2 is 2.04 bits per heavy atom. The smallest absolute Gasteiger partial charge is 0.305 e. The summed E-state index contributed by atoms with van der Waals surface area (Å²) in [6.45, 7) is 6.81. The lowest BCUT2D eigenvalue weighted by Gasteiger charge is -2.11. The molecule has 0 N–H and O–H groups in total. The quantitative estimate of drug-likeness (QED) is 0.582. The number of carbonyl (C=O) groups excluding carboxylic acids is 1. The van der Waals surface area contributed by atoms with Gasteiger partial charge < -0.3 is 4.74 Å². The second-order valence-corrected chi connectivity index (χ2v) is 6.14. The van der Waals surface area contributed by atoms with Gasteiger partial charge in [-0.15, -0.1) is 0 Å². The minimum Gasteiger partial charge on any atom is -0.466 e. The average molecular weight is 316 g/mol. The van der Waals surface area contributed by atoms with E-state index in [0.29, 0.717) is 48.6 Å². The topological polar surface area (TPSA) is 61.2 Å². The summed E-state index contributed by atoms with van der Waals surface area (Å²) in [7, 11) is 0. The van der Waals surface area contributed by atoms with Crippen LogP contribution in [0.15, 0.2) is 29.1 Å². The number of para-hydroxylation sites is 1. The summed E-state index contributed by atoms with van der Waals surface area (Å²) in [6, 6.07) is 7.33. The van der Waals surface area contributed by atoms with Gasteiger partial charge in [-0.3, -0.25) is 14.2 Å². The first-order chi connectivity index (χ1) is 11.0. The van der Waals surface area contributed by atoms with Crippen molar-refractivity contribution in [3.05, 3.63) is 40.4 Å². The van der Waals surface area contributed by atoms with Gasteiger partial charge in [0.2, 0.25) is 0 Å². The van der Waals surface area contributed by atoms with Gasteiger partial charge in [0.05, 0.1) is 17.5 Å². The molecule has 2 aromatic rings. The van der Waals surface area contributed by atoms with Gasteiger partial charge in [-0.25, -0.2) is 4.98 Å². The van der Waals surface area contributed by atoms with Crippen LogP contribution in [0.3, 0.4) is 0 Å². The number of aromatic nitrogens is 2. The molecule has 0 aliphatic carbocycles. The molecule has 0 atom stereocenters. The second kappa shape index (κ2) is 7.90. The number of nitrogens with zero attached hydrogens (tertiary/aromatic N) is 2. The summed E-state index contributed by atoms with van der Waals surface area (Å²) in [6.07, 6.45) is 1.90. The fourth-order valence-corrected chi connectivity index (χ4v) is 2.43. The first-order valence-corrected chi connectivity index (χ1v) is 8.11. The van der Waals surface area contributed by atoms with Crippen LogP contribution in [0.1, 0.15) is 38.9 Å². The fourth-order valence-electron chi connectivity index (χ4n) is 2.43. The Morgan fingerprint density at radius 1 is 1.30 bits per heavy atom. The minimum absolute atomic E-state index is 0.0424. The predicted molar refractivity (Wildman–Crippen MR) is 90.4 cm³/mol. The van der Waals surface area contributed by atoms with E-state index < -0.39 is 0 Å². The normalized spacial score (nSPS) is 11.1. The van der Waals surface area contributed by atoms with Gasteiger partial charge in [0.1, 0.15) is 5.82 Å². The Labute approximate surface area is 136 Å². The highest BCUT2D eigenvalue weighted by Crippen LogP contribution is 2.08. The van der Waals surface area contributed by atoms with Crippen molar-refractivity contribution in [1.82, 2.24) is 9.55 Å². The second-order valence-electron chi connectivity index (χ2n) is 6.14. The molecule has 0 aliphatic rings. The molecule has 0 aliphatic heterocycles. The van der Waals surface area contributed by atoms with Gasteiger partial charge in [0.15, 0.2) is 0 Å². The standard InChI is InChI=1S/C18H24N2O3/c1-13(2)9-10-17(21)23-12-6-11-20-14(3)19-16-8-5-4-7-15(16)18(20)22/h4-5,7-8,13H,6,9-12H2,1-3H3. The molecule has 1 heterocycles. The molecule has 0 spiro atoms. The van der Waals surface area contributed by atoms with Crippen LogP contribution >= 0.6 is 0 Å². The van der Waals surface area contributed by atoms with Crippen molar-refractivity contribution < 1.29 is 9.53 Å². The zero-order chi connectivity index (χ0) is 16.8.